The Kier molecular flexibility index (Phi) is 9.07. The fourth-order valence-electron chi connectivity index (χ4n) is 5.79. The number of ether oxygens (including phenoxy) is 2. The standard InChI is InChI=1S/C30H33F2N7O4S/c1-2-42-21-9-7-20(8-10-21)39-15-23(27(37-39)26-22(31)11-12-25(32)36-26)34-28(40)24-16-44-29(35-24)19-13-33-38(14-19)17-43-30(41)18-5-3-4-6-18/h11-16,18,20-21H,2-10,17H2,1H3,(H,34,40). The van der Waals surface area contributed by atoms with Crippen LogP contribution in [-0.4, -0.2) is 54.1 Å². The lowest BCUT2D eigenvalue weighted by Gasteiger charge is -2.28. The molecule has 0 unspecified atom stereocenters. The molecule has 4 aromatic rings. The van der Waals surface area contributed by atoms with Crippen LogP contribution in [0.3, 0.4) is 0 Å². The average Bonchev–Trinajstić information content (AvgIpc) is 3.84. The van der Waals surface area contributed by atoms with E-state index in [-0.39, 0.29) is 53.5 Å². The number of hydrogen-bond donors (Lipinski definition) is 1. The molecule has 232 valence electrons. The van der Waals surface area contributed by atoms with Crippen molar-refractivity contribution in [1.82, 2.24) is 29.5 Å². The lowest BCUT2D eigenvalue weighted by Crippen LogP contribution is -2.24. The quantitative estimate of drug-likeness (QED) is 0.168. The van der Waals surface area contributed by atoms with Gasteiger partial charge in [0.25, 0.3) is 5.91 Å². The van der Waals surface area contributed by atoms with Crippen molar-refractivity contribution in [3.63, 3.8) is 0 Å². The fourth-order valence-corrected chi connectivity index (χ4v) is 6.57. The van der Waals surface area contributed by atoms with Crippen LogP contribution in [0.25, 0.3) is 22.0 Å². The molecule has 11 nitrogen and oxygen atoms in total. The molecule has 0 radical (unpaired) electrons. The van der Waals surface area contributed by atoms with E-state index in [4.69, 9.17) is 9.47 Å². The molecule has 2 aliphatic carbocycles. The smallest absolute Gasteiger partial charge is 0.310 e. The van der Waals surface area contributed by atoms with Gasteiger partial charge in [-0.05, 0) is 57.6 Å². The van der Waals surface area contributed by atoms with E-state index in [2.05, 4.69) is 25.5 Å². The predicted molar refractivity (Wildman–Crippen MR) is 158 cm³/mol. The van der Waals surface area contributed by atoms with Crippen LogP contribution in [-0.2, 0) is 21.0 Å². The summed E-state index contributed by atoms with van der Waals surface area (Å²) >= 11 is 1.25. The van der Waals surface area contributed by atoms with Crippen LogP contribution >= 0.6 is 11.3 Å². The minimum absolute atomic E-state index is 0.00122. The number of hydrogen-bond acceptors (Lipinski definition) is 9. The summed E-state index contributed by atoms with van der Waals surface area (Å²) in [7, 11) is 0. The molecule has 0 aliphatic heterocycles. The van der Waals surface area contributed by atoms with Gasteiger partial charge in [0.15, 0.2) is 12.5 Å². The lowest BCUT2D eigenvalue weighted by atomic mass is 9.93. The van der Waals surface area contributed by atoms with Gasteiger partial charge in [-0.1, -0.05) is 12.8 Å². The lowest BCUT2D eigenvalue weighted by molar-refractivity contribution is -0.152. The number of anilines is 1. The molecule has 0 aromatic carbocycles. The van der Waals surface area contributed by atoms with Crippen molar-refractivity contribution in [3.05, 3.63) is 53.6 Å². The Morgan fingerprint density at radius 2 is 1.84 bits per heavy atom. The third kappa shape index (κ3) is 6.70. The highest BCUT2D eigenvalue weighted by Gasteiger charge is 2.27. The number of nitrogens with zero attached hydrogens (tertiary/aromatic N) is 6. The zero-order valence-corrected chi connectivity index (χ0v) is 25.1. The van der Waals surface area contributed by atoms with Crippen molar-refractivity contribution >= 4 is 28.9 Å². The Balaban J connectivity index is 1.17. The number of nitrogens with one attached hydrogen (secondary N) is 1. The second-order valence-electron chi connectivity index (χ2n) is 11.1. The van der Waals surface area contributed by atoms with Crippen molar-refractivity contribution in [2.75, 3.05) is 11.9 Å². The summed E-state index contributed by atoms with van der Waals surface area (Å²) in [6.07, 6.45) is 12.2. The van der Waals surface area contributed by atoms with Gasteiger partial charge in [-0.25, -0.2) is 19.0 Å². The summed E-state index contributed by atoms with van der Waals surface area (Å²) in [6, 6.07) is 1.92. The molecule has 1 N–H and O–H groups in total. The van der Waals surface area contributed by atoms with Gasteiger partial charge in [-0.3, -0.25) is 14.3 Å². The summed E-state index contributed by atoms with van der Waals surface area (Å²) in [5, 5.41) is 13.7. The molecule has 0 spiro atoms. The maximum atomic E-state index is 14.8. The highest BCUT2D eigenvalue weighted by Crippen LogP contribution is 2.35. The Morgan fingerprint density at radius 1 is 1.05 bits per heavy atom. The monoisotopic (exact) mass is 625 g/mol. The van der Waals surface area contributed by atoms with E-state index in [9.17, 15) is 18.4 Å². The zero-order valence-electron chi connectivity index (χ0n) is 24.2. The Labute approximate surface area is 256 Å². The first kappa shape index (κ1) is 30.0. The fraction of sp³-hybridized carbons (Fsp3) is 0.467. The second kappa shape index (κ2) is 13.3. The molecule has 6 rings (SSSR count). The zero-order chi connectivity index (χ0) is 30.6. The van der Waals surface area contributed by atoms with Crippen molar-refractivity contribution in [3.8, 4) is 22.0 Å². The van der Waals surface area contributed by atoms with Crippen molar-refractivity contribution < 1.29 is 27.8 Å². The minimum atomic E-state index is -0.858. The van der Waals surface area contributed by atoms with E-state index in [1.807, 2.05) is 6.92 Å². The van der Waals surface area contributed by atoms with Crippen LogP contribution in [0, 0.1) is 17.7 Å². The predicted octanol–water partition coefficient (Wildman–Crippen LogP) is 6.01. The molecule has 44 heavy (non-hydrogen) atoms. The van der Waals surface area contributed by atoms with Crippen molar-refractivity contribution in [2.24, 2.45) is 5.92 Å². The normalized spacial score (nSPS) is 18.9. The maximum Gasteiger partial charge on any atom is 0.310 e. The molecular formula is C30H33F2N7O4S. The molecule has 1 amide bonds. The molecule has 14 heteroatoms. The number of esters is 1. The van der Waals surface area contributed by atoms with E-state index in [1.54, 1.807) is 28.7 Å². The first-order valence-electron chi connectivity index (χ1n) is 14.9. The number of amides is 1. The third-order valence-electron chi connectivity index (χ3n) is 8.08. The van der Waals surface area contributed by atoms with Gasteiger partial charge in [0.1, 0.15) is 22.1 Å². The number of aromatic nitrogens is 6. The Morgan fingerprint density at radius 3 is 2.61 bits per heavy atom. The largest absolute Gasteiger partial charge is 0.442 e. The van der Waals surface area contributed by atoms with E-state index >= 15 is 0 Å². The maximum absolute atomic E-state index is 14.8. The summed E-state index contributed by atoms with van der Waals surface area (Å²) in [4.78, 5) is 33.7. The average molecular weight is 626 g/mol. The number of pyridine rings is 1. The number of carbonyl (C=O) groups excluding carboxylic acids is 2. The highest BCUT2D eigenvalue weighted by atomic mass is 32.1. The van der Waals surface area contributed by atoms with Gasteiger partial charge < -0.3 is 14.8 Å². The number of thiazole rings is 1. The first-order chi connectivity index (χ1) is 21.4. The summed E-state index contributed by atoms with van der Waals surface area (Å²) in [5.74, 6) is -2.40. The van der Waals surface area contributed by atoms with Crippen molar-refractivity contribution in [2.45, 2.75) is 77.2 Å². The summed E-state index contributed by atoms with van der Waals surface area (Å²) in [6.45, 7) is 2.62. The molecule has 0 atom stereocenters. The molecule has 2 fully saturated rings. The number of carbonyl (C=O) groups is 2. The van der Waals surface area contributed by atoms with Gasteiger partial charge in [-0.15, -0.1) is 11.3 Å². The van der Waals surface area contributed by atoms with E-state index < -0.39 is 17.7 Å². The molecular weight excluding hydrogens is 592 g/mol. The highest BCUT2D eigenvalue weighted by molar-refractivity contribution is 7.13. The first-order valence-corrected chi connectivity index (χ1v) is 15.8. The summed E-state index contributed by atoms with van der Waals surface area (Å²) in [5.41, 5.74) is 0.737. The number of halogens is 2. The van der Waals surface area contributed by atoms with Gasteiger partial charge in [0, 0.05) is 29.9 Å². The van der Waals surface area contributed by atoms with Crippen LogP contribution in [0.1, 0.15) is 74.8 Å². The Hall–Kier alpha value is -4.04. The molecule has 0 saturated heterocycles. The topological polar surface area (TPSA) is 126 Å². The third-order valence-corrected chi connectivity index (χ3v) is 8.97. The molecule has 2 saturated carbocycles. The summed E-state index contributed by atoms with van der Waals surface area (Å²) < 4.78 is 43.2. The van der Waals surface area contributed by atoms with Crippen LogP contribution in [0.4, 0.5) is 14.5 Å². The van der Waals surface area contributed by atoms with Gasteiger partial charge in [-0.2, -0.15) is 14.6 Å². The molecule has 0 bridgehead atoms. The Bertz CT molecular complexity index is 1620. The molecule has 4 heterocycles. The van der Waals surface area contributed by atoms with Crippen LogP contribution in [0.2, 0.25) is 0 Å². The minimum Gasteiger partial charge on any atom is -0.442 e. The van der Waals surface area contributed by atoms with Crippen molar-refractivity contribution in [1.29, 1.82) is 0 Å². The van der Waals surface area contributed by atoms with Gasteiger partial charge in [0.05, 0.1) is 29.9 Å². The molecule has 4 aromatic heterocycles. The SMILES string of the molecule is CCOC1CCC(n2cc(NC(=O)c3csc(-c4cnn(COC(=O)C5CCCC5)c4)n3)c(-c3nc(F)ccc3F)n2)CC1. The second-order valence-corrected chi connectivity index (χ2v) is 11.9. The van der Waals surface area contributed by atoms with Crippen LogP contribution in [0.5, 0.6) is 0 Å². The van der Waals surface area contributed by atoms with Gasteiger partial charge in [0.2, 0.25) is 5.95 Å². The van der Waals surface area contributed by atoms with E-state index in [0.29, 0.717) is 17.2 Å². The van der Waals surface area contributed by atoms with Crippen LogP contribution in [0.15, 0.2) is 36.1 Å². The van der Waals surface area contributed by atoms with E-state index in [0.717, 1.165) is 63.5 Å². The molecule has 2 aliphatic rings. The number of rotatable bonds is 10. The van der Waals surface area contributed by atoms with Gasteiger partial charge >= 0.3 is 5.97 Å². The van der Waals surface area contributed by atoms with Crippen LogP contribution < -0.4 is 5.32 Å². The van der Waals surface area contributed by atoms with E-state index in [1.165, 1.54) is 16.0 Å².